The van der Waals surface area contributed by atoms with Crippen molar-refractivity contribution in [3.8, 4) is 11.9 Å². The normalized spacial score (nSPS) is 9.87. The van der Waals surface area contributed by atoms with E-state index in [-0.39, 0.29) is 0 Å². The third-order valence-electron chi connectivity index (χ3n) is 2.08. The van der Waals surface area contributed by atoms with Crippen LogP contribution in [-0.4, -0.2) is 14.8 Å². The van der Waals surface area contributed by atoms with E-state index in [1.807, 2.05) is 6.92 Å². The molecule has 0 aliphatic rings. The molecule has 0 aromatic carbocycles. The average molecular weight is 199 g/mol. The lowest BCUT2D eigenvalue weighted by atomic mass is 10.1. The van der Waals surface area contributed by atoms with Gasteiger partial charge in [-0.3, -0.25) is 0 Å². The number of rotatable bonds is 1. The highest BCUT2D eigenvalue weighted by Gasteiger charge is 2.08. The van der Waals surface area contributed by atoms with Crippen molar-refractivity contribution in [3.63, 3.8) is 0 Å². The van der Waals surface area contributed by atoms with Gasteiger partial charge in [-0.25, -0.2) is 9.67 Å². The highest BCUT2D eigenvalue weighted by atomic mass is 15.3. The Morgan fingerprint density at radius 1 is 1.47 bits per heavy atom. The molecule has 0 atom stereocenters. The van der Waals surface area contributed by atoms with Crippen molar-refractivity contribution in [2.24, 2.45) is 0 Å². The standard InChI is InChI=1S/C10H9N5/c1-7-2-4-13-10(8(7)6-11)15-5-3-9(12)14-15/h2-5H,1H3,(H2,12,14). The molecule has 2 aromatic heterocycles. The summed E-state index contributed by atoms with van der Waals surface area (Å²) in [4.78, 5) is 4.12. The molecule has 0 saturated heterocycles. The number of aryl methyl sites for hydroxylation is 1. The number of hydrogen-bond acceptors (Lipinski definition) is 4. The Kier molecular flexibility index (Phi) is 2.10. The van der Waals surface area contributed by atoms with Gasteiger partial charge in [-0.1, -0.05) is 0 Å². The number of nitrogen functional groups attached to an aromatic ring is 1. The number of nitrogens with two attached hydrogens (primary N) is 1. The molecule has 0 saturated carbocycles. The van der Waals surface area contributed by atoms with E-state index in [1.165, 1.54) is 4.68 Å². The molecule has 74 valence electrons. The van der Waals surface area contributed by atoms with Crippen LogP contribution in [0.4, 0.5) is 5.82 Å². The van der Waals surface area contributed by atoms with Crippen LogP contribution in [0.2, 0.25) is 0 Å². The molecule has 0 fully saturated rings. The van der Waals surface area contributed by atoms with Gasteiger partial charge in [-0.05, 0) is 18.6 Å². The van der Waals surface area contributed by atoms with Gasteiger partial charge in [0.1, 0.15) is 11.9 Å². The molecule has 0 bridgehead atoms. The van der Waals surface area contributed by atoms with Crippen LogP contribution in [0.1, 0.15) is 11.1 Å². The lowest BCUT2D eigenvalue weighted by Crippen LogP contribution is -2.03. The van der Waals surface area contributed by atoms with E-state index in [4.69, 9.17) is 11.0 Å². The van der Waals surface area contributed by atoms with E-state index in [9.17, 15) is 0 Å². The number of nitriles is 1. The first-order chi connectivity index (χ1) is 7.22. The Bertz CT molecular complexity index is 535. The van der Waals surface area contributed by atoms with E-state index >= 15 is 0 Å². The molecule has 5 nitrogen and oxygen atoms in total. The minimum absolute atomic E-state index is 0.405. The largest absolute Gasteiger partial charge is 0.382 e. The second-order valence-electron chi connectivity index (χ2n) is 3.12. The Balaban J connectivity index is 2.63. The lowest BCUT2D eigenvalue weighted by molar-refractivity contribution is 0.845. The molecule has 15 heavy (non-hydrogen) atoms. The predicted octanol–water partition coefficient (Wildman–Crippen LogP) is 1.03. The van der Waals surface area contributed by atoms with Crippen LogP contribution in [0.3, 0.4) is 0 Å². The van der Waals surface area contributed by atoms with Crippen molar-refractivity contribution in [1.82, 2.24) is 14.8 Å². The van der Waals surface area contributed by atoms with Gasteiger partial charge < -0.3 is 5.73 Å². The van der Waals surface area contributed by atoms with Crippen LogP contribution in [0.15, 0.2) is 24.5 Å². The maximum Gasteiger partial charge on any atom is 0.171 e. The number of pyridine rings is 1. The zero-order valence-corrected chi connectivity index (χ0v) is 8.18. The fraction of sp³-hybridized carbons (Fsp3) is 0.100. The van der Waals surface area contributed by atoms with E-state index in [0.717, 1.165) is 5.56 Å². The fourth-order valence-corrected chi connectivity index (χ4v) is 1.31. The number of hydrogen-bond donors (Lipinski definition) is 1. The maximum absolute atomic E-state index is 9.01. The summed E-state index contributed by atoms with van der Waals surface area (Å²) in [7, 11) is 0. The summed E-state index contributed by atoms with van der Waals surface area (Å²) >= 11 is 0. The molecule has 0 spiro atoms. The van der Waals surface area contributed by atoms with Gasteiger partial charge in [0.2, 0.25) is 0 Å². The van der Waals surface area contributed by atoms with Crippen molar-refractivity contribution in [2.45, 2.75) is 6.92 Å². The van der Waals surface area contributed by atoms with Crippen LogP contribution < -0.4 is 5.73 Å². The third kappa shape index (κ3) is 1.53. The van der Waals surface area contributed by atoms with Crippen LogP contribution >= 0.6 is 0 Å². The minimum Gasteiger partial charge on any atom is -0.382 e. The second kappa shape index (κ2) is 3.42. The highest BCUT2D eigenvalue weighted by molar-refractivity contribution is 5.48. The Morgan fingerprint density at radius 3 is 2.87 bits per heavy atom. The molecule has 0 aliphatic carbocycles. The van der Waals surface area contributed by atoms with Crippen molar-refractivity contribution < 1.29 is 0 Å². The third-order valence-corrected chi connectivity index (χ3v) is 2.08. The number of anilines is 1. The first-order valence-electron chi connectivity index (χ1n) is 4.39. The quantitative estimate of drug-likeness (QED) is 0.743. The summed E-state index contributed by atoms with van der Waals surface area (Å²) in [5.41, 5.74) is 6.89. The molecule has 0 unspecified atom stereocenters. The van der Waals surface area contributed by atoms with E-state index in [1.54, 1.807) is 24.5 Å². The lowest BCUT2D eigenvalue weighted by Gasteiger charge is -2.04. The van der Waals surface area contributed by atoms with Gasteiger partial charge in [0.25, 0.3) is 0 Å². The monoisotopic (exact) mass is 199 g/mol. The average Bonchev–Trinajstić information content (AvgIpc) is 2.64. The van der Waals surface area contributed by atoms with Crippen molar-refractivity contribution in [1.29, 1.82) is 5.26 Å². The predicted molar refractivity (Wildman–Crippen MR) is 55.2 cm³/mol. The molecule has 2 aromatic rings. The Morgan fingerprint density at radius 2 is 2.27 bits per heavy atom. The van der Waals surface area contributed by atoms with Crippen LogP contribution in [-0.2, 0) is 0 Å². The van der Waals surface area contributed by atoms with E-state index < -0.39 is 0 Å². The van der Waals surface area contributed by atoms with Crippen molar-refractivity contribution >= 4 is 5.82 Å². The second-order valence-corrected chi connectivity index (χ2v) is 3.12. The van der Waals surface area contributed by atoms with Crippen LogP contribution in [0, 0.1) is 18.3 Å². The molecule has 2 rings (SSSR count). The summed E-state index contributed by atoms with van der Waals surface area (Å²) in [6.07, 6.45) is 3.32. The number of aromatic nitrogens is 3. The topological polar surface area (TPSA) is 80.5 Å². The van der Waals surface area contributed by atoms with Crippen molar-refractivity contribution in [3.05, 3.63) is 35.7 Å². The molecule has 2 N–H and O–H groups in total. The maximum atomic E-state index is 9.01. The molecular formula is C10H9N5. The van der Waals surface area contributed by atoms with E-state index in [2.05, 4.69) is 16.2 Å². The molecule has 0 aliphatic heterocycles. The first-order valence-corrected chi connectivity index (χ1v) is 4.39. The highest BCUT2D eigenvalue weighted by Crippen LogP contribution is 2.14. The van der Waals surface area contributed by atoms with Gasteiger partial charge in [-0.15, -0.1) is 5.10 Å². The van der Waals surface area contributed by atoms with Crippen molar-refractivity contribution in [2.75, 3.05) is 5.73 Å². The zero-order valence-electron chi connectivity index (χ0n) is 8.18. The smallest absolute Gasteiger partial charge is 0.171 e. The molecule has 0 radical (unpaired) electrons. The molecular weight excluding hydrogens is 190 g/mol. The molecule has 2 heterocycles. The van der Waals surface area contributed by atoms with Crippen LogP contribution in [0.5, 0.6) is 0 Å². The Hall–Kier alpha value is -2.35. The van der Waals surface area contributed by atoms with E-state index in [0.29, 0.717) is 17.2 Å². The van der Waals surface area contributed by atoms with Gasteiger partial charge in [0.15, 0.2) is 5.82 Å². The molecule has 0 amide bonds. The van der Waals surface area contributed by atoms with Gasteiger partial charge in [-0.2, -0.15) is 5.26 Å². The zero-order chi connectivity index (χ0) is 10.8. The summed E-state index contributed by atoms with van der Waals surface area (Å²) in [5.74, 6) is 0.913. The Labute approximate surface area is 86.8 Å². The van der Waals surface area contributed by atoms with Gasteiger partial charge >= 0.3 is 0 Å². The summed E-state index contributed by atoms with van der Waals surface area (Å²) < 4.78 is 1.50. The van der Waals surface area contributed by atoms with Gasteiger partial charge in [0.05, 0.1) is 5.56 Å². The molecule has 5 heteroatoms. The first kappa shape index (κ1) is 9.21. The number of nitrogens with zero attached hydrogens (tertiary/aromatic N) is 4. The SMILES string of the molecule is Cc1ccnc(-n2ccc(N)n2)c1C#N. The fourth-order valence-electron chi connectivity index (χ4n) is 1.31. The summed E-state index contributed by atoms with van der Waals surface area (Å²) in [6, 6.07) is 5.55. The summed E-state index contributed by atoms with van der Waals surface area (Å²) in [5, 5.41) is 13.0. The van der Waals surface area contributed by atoms with Crippen LogP contribution in [0.25, 0.3) is 5.82 Å². The van der Waals surface area contributed by atoms with Gasteiger partial charge in [0, 0.05) is 18.5 Å². The summed E-state index contributed by atoms with van der Waals surface area (Å²) in [6.45, 7) is 1.86. The minimum atomic E-state index is 0.405.